The Morgan fingerprint density at radius 3 is 2.56 bits per heavy atom. The largest absolute Gasteiger partial charge is 0.373 e. The van der Waals surface area contributed by atoms with E-state index >= 15 is 0 Å². The van der Waals surface area contributed by atoms with Crippen LogP contribution in [0.1, 0.15) is 57.1 Å². The van der Waals surface area contributed by atoms with Gasteiger partial charge in [-0.15, -0.1) is 0 Å². The average molecular weight is 267 g/mol. The molecule has 0 aromatic carbocycles. The van der Waals surface area contributed by atoms with Gasteiger partial charge in [0.25, 0.3) is 0 Å². The number of nitrogens with one attached hydrogen (secondary N) is 1. The van der Waals surface area contributed by atoms with Crippen LogP contribution in [0.2, 0.25) is 0 Å². The zero-order valence-electron chi connectivity index (χ0n) is 11.6. The molecule has 0 bridgehead atoms. The van der Waals surface area contributed by atoms with Gasteiger partial charge in [0.2, 0.25) is 0 Å². The SMILES string of the molecule is CCOC1(C(NC)c2ccsc2)CCCCCC1. The molecule has 1 aromatic heterocycles. The molecule has 1 aliphatic rings. The molecule has 3 heteroatoms. The number of thiophene rings is 1. The minimum atomic E-state index is 0.00106. The number of ether oxygens (including phenoxy) is 1. The molecule has 0 amide bonds. The predicted octanol–water partition coefficient (Wildman–Crippen LogP) is 4.14. The maximum atomic E-state index is 6.27. The Kier molecular flexibility index (Phi) is 5.22. The molecule has 18 heavy (non-hydrogen) atoms. The Hall–Kier alpha value is -0.380. The van der Waals surface area contributed by atoms with Crippen molar-refractivity contribution in [1.82, 2.24) is 5.32 Å². The lowest BCUT2D eigenvalue weighted by molar-refractivity contribution is -0.0766. The first kappa shape index (κ1) is 14.0. The first-order chi connectivity index (χ1) is 8.82. The van der Waals surface area contributed by atoms with Gasteiger partial charge in [-0.3, -0.25) is 0 Å². The summed E-state index contributed by atoms with van der Waals surface area (Å²) in [6, 6.07) is 2.57. The molecule has 1 aromatic rings. The molecule has 2 rings (SSSR count). The van der Waals surface area contributed by atoms with Crippen LogP contribution in [0.25, 0.3) is 0 Å². The third-order valence-electron chi connectivity index (χ3n) is 4.07. The van der Waals surface area contributed by atoms with Gasteiger partial charge in [0, 0.05) is 6.61 Å². The Bertz CT molecular complexity index is 328. The normalized spacial score (nSPS) is 21.4. The van der Waals surface area contributed by atoms with Crippen LogP contribution in [0.15, 0.2) is 16.8 Å². The summed E-state index contributed by atoms with van der Waals surface area (Å²) < 4.78 is 6.27. The van der Waals surface area contributed by atoms with E-state index in [0.717, 1.165) is 6.61 Å². The number of rotatable bonds is 5. The third kappa shape index (κ3) is 2.95. The second kappa shape index (κ2) is 6.69. The van der Waals surface area contributed by atoms with Crippen LogP contribution in [-0.2, 0) is 4.74 Å². The predicted molar refractivity (Wildman–Crippen MR) is 78.2 cm³/mol. The average Bonchev–Trinajstić information content (AvgIpc) is 2.78. The standard InChI is InChI=1S/C15H25NOS/c1-3-17-15(9-6-4-5-7-10-15)14(16-2)13-8-11-18-12-13/h8,11-12,14,16H,3-7,9-10H2,1-2H3. The lowest BCUT2D eigenvalue weighted by Gasteiger charge is -2.40. The molecule has 2 nitrogen and oxygen atoms in total. The number of hydrogen-bond donors (Lipinski definition) is 1. The molecule has 1 heterocycles. The van der Waals surface area contributed by atoms with Crippen LogP contribution in [0, 0.1) is 0 Å². The summed E-state index contributed by atoms with van der Waals surface area (Å²) in [5.74, 6) is 0. The highest BCUT2D eigenvalue weighted by Crippen LogP contribution is 2.40. The monoisotopic (exact) mass is 267 g/mol. The van der Waals surface area contributed by atoms with Gasteiger partial charge in [0.05, 0.1) is 11.6 Å². The lowest BCUT2D eigenvalue weighted by atomic mass is 9.83. The molecule has 1 unspecified atom stereocenters. The molecule has 102 valence electrons. The molecule has 1 aliphatic carbocycles. The molecule has 0 spiro atoms. The fourth-order valence-corrected chi connectivity index (χ4v) is 3.99. The summed E-state index contributed by atoms with van der Waals surface area (Å²) in [7, 11) is 2.06. The minimum absolute atomic E-state index is 0.00106. The first-order valence-electron chi connectivity index (χ1n) is 7.16. The molecule has 1 fully saturated rings. The van der Waals surface area contributed by atoms with Crippen molar-refractivity contribution in [2.45, 2.75) is 57.1 Å². The van der Waals surface area contributed by atoms with Crippen molar-refractivity contribution < 1.29 is 4.74 Å². The van der Waals surface area contributed by atoms with E-state index in [1.54, 1.807) is 11.3 Å². The second-order valence-corrected chi connectivity index (χ2v) is 5.97. The number of hydrogen-bond acceptors (Lipinski definition) is 3. The van der Waals surface area contributed by atoms with E-state index in [9.17, 15) is 0 Å². The molecular formula is C15H25NOS. The molecule has 0 aliphatic heterocycles. The zero-order valence-corrected chi connectivity index (χ0v) is 12.4. The Balaban J connectivity index is 2.25. The molecular weight excluding hydrogens is 242 g/mol. The molecule has 1 atom stereocenters. The summed E-state index contributed by atoms with van der Waals surface area (Å²) in [4.78, 5) is 0. The summed E-state index contributed by atoms with van der Waals surface area (Å²) in [6.07, 6.45) is 7.67. The summed E-state index contributed by atoms with van der Waals surface area (Å²) in [6.45, 7) is 2.93. The molecule has 0 saturated heterocycles. The minimum Gasteiger partial charge on any atom is -0.373 e. The van der Waals surface area contributed by atoms with Crippen LogP contribution in [0.4, 0.5) is 0 Å². The highest BCUT2D eigenvalue weighted by molar-refractivity contribution is 7.07. The Labute approximate surface area is 115 Å². The summed E-state index contributed by atoms with van der Waals surface area (Å²) >= 11 is 1.77. The highest BCUT2D eigenvalue weighted by atomic mass is 32.1. The van der Waals surface area contributed by atoms with Crippen LogP contribution >= 0.6 is 11.3 Å². The van der Waals surface area contributed by atoms with Gasteiger partial charge < -0.3 is 10.1 Å². The molecule has 1 N–H and O–H groups in total. The molecule has 1 saturated carbocycles. The van der Waals surface area contributed by atoms with Crippen LogP contribution in [-0.4, -0.2) is 19.3 Å². The Morgan fingerprint density at radius 1 is 1.33 bits per heavy atom. The van der Waals surface area contributed by atoms with Crippen LogP contribution in [0.3, 0.4) is 0 Å². The highest BCUT2D eigenvalue weighted by Gasteiger charge is 2.40. The van der Waals surface area contributed by atoms with E-state index in [4.69, 9.17) is 4.74 Å². The van der Waals surface area contributed by atoms with Gasteiger partial charge in [0.15, 0.2) is 0 Å². The second-order valence-electron chi connectivity index (χ2n) is 5.19. The smallest absolute Gasteiger partial charge is 0.0876 e. The van der Waals surface area contributed by atoms with Crippen LogP contribution in [0.5, 0.6) is 0 Å². The first-order valence-corrected chi connectivity index (χ1v) is 8.10. The third-order valence-corrected chi connectivity index (χ3v) is 4.77. The molecule has 0 radical (unpaired) electrons. The Morgan fingerprint density at radius 2 is 2.06 bits per heavy atom. The van der Waals surface area contributed by atoms with E-state index < -0.39 is 0 Å². The van der Waals surface area contributed by atoms with E-state index in [-0.39, 0.29) is 5.60 Å². The maximum absolute atomic E-state index is 6.27. The summed E-state index contributed by atoms with van der Waals surface area (Å²) in [5, 5.41) is 7.93. The van der Waals surface area contributed by atoms with E-state index in [0.29, 0.717) is 6.04 Å². The van der Waals surface area contributed by atoms with Gasteiger partial charge in [0.1, 0.15) is 0 Å². The van der Waals surface area contributed by atoms with Gasteiger partial charge in [-0.2, -0.15) is 11.3 Å². The van der Waals surface area contributed by atoms with Crippen molar-refractivity contribution in [3.8, 4) is 0 Å². The van der Waals surface area contributed by atoms with Crippen molar-refractivity contribution in [2.24, 2.45) is 0 Å². The zero-order chi connectivity index (χ0) is 12.8. The van der Waals surface area contributed by atoms with Crippen molar-refractivity contribution in [3.05, 3.63) is 22.4 Å². The van der Waals surface area contributed by atoms with Crippen molar-refractivity contribution in [1.29, 1.82) is 0 Å². The number of likely N-dealkylation sites (N-methyl/N-ethyl adjacent to an activating group) is 1. The quantitative estimate of drug-likeness (QED) is 0.810. The van der Waals surface area contributed by atoms with Gasteiger partial charge >= 0.3 is 0 Å². The summed E-state index contributed by atoms with van der Waals surface area (Å²) in [5.41, 5.74) is 1.39. The van der Waals surface area contributed by atoms with E-state index in [1.807, 2.05) is 0 Å². The maximum Gasteiger partial charge on any atom is 0.0876 e. The van der Waals surface area contributed by atoms with Crippen molar-refractivity contribution >= 4 is 11.3 Å². The lowest BCUT2D eigenvalue weighted by Crippen LogP contribution is -2.44. The van der Waals surface area contributed by atoms with Gasteiger partial charge in [-0.05, 0) is 49.2 Å². The fourth-order valence-electron chi connectivity index (χ4n) is 3.30. The van der Waals surface area contributed by atoms with E-state index in [1.165, 1.54) is 44.1 Å². The van der Waals surface area contributed by atoms with Crippen LogP contribution < -0.4 is 5.32 Å². The topological polar surface area (TPSA) is 21.3 Å². The van der Waals surface area contributed by atoms with Gasteiger partial charge in [-0.1, -0.05) is 25.7 Å². The van der Waals surface area contributed by atoms with Gasteiger partial charge in [-0.25, -0.2) is 0 Å². The fraction of sp³-hybridized carbons (Fsp3) is 0.733. The van der Waals surface area contributed by atoms with Crippen molar-refractivity contribution in [3.63, 3.8) is 0 Å². The van der Waals surface area contributed by atoms with E-state index in [2.05, 4.69) is 36.1 Å². The van der Waals surface area contributed by atoms with Crippen molar-refractivity contribution in [2.75, 3.05) is 13.7 Å².